The van der Waals surface area contributed by atoms with Gasteiger partial charge in [-0.3, -0.25) is 4.79 Å². The first-order valence-corrected chi connectivity index (χ1v) is 7.35. The average Bonchev–Trinajstić information content (AvgIpc) is 2.46. The summed E-state index contributed by atoms with van der Waals surface area (Å²) in [6, 6.07) is 7.29. The Labute approximate surface area is 131 Å². The Morgan fingerprint density at radius 1 is 1.52 bits per heavy atom. The van der Waals surface area contributed by atoms with Crippen molar-refractivity contribution in [3.05, 3.63) is 29.8 Å². The summed E-state index contributed by atoms with van der Waals surface area (Å²) in [5.41, 5.74) is 6.99. The van der Waals surface area contributed by atoms with Gasteiger partial charge in [-0.05, 0) is 39.1 Å². The molecule has 0 bridgehead atoms. The molecule has 0 aliphatic heterocycles. The highest BCUT2D eigenvalue weighted by atomic mass is 32.1. The molecule has 0 aromatic heterocycles. The highest BCUT2D eigenvalue weighted by molar-refractivity contribution is 7.80. The van der Waals surface area contributed by atoms with Crippen LogP contribution < -0.4 is 11.1 Å². The molecule has 0 saturated heterocycles. The molecule has 0 fully saturated rings. The number of thiocarbonyl (C=S) groups is 1. The number of carbonyl (C=O) groups excluding carboxylic acids is 1. The maximum absolute atomic E-state index is 11.9. The third-order valence-electron chi connectivity index (χ3n) is 3.36. The molecule has 116 valence electrons. The zero-order chi connectivity index (χ0) is 15.8. The van der Waals surface area contributed by atoms with Crippen LogP contribution in [0.5, 0.6) is 0 Å². The highest BCUT2D eigenvalue weighted by Gasteiger charge is 2.09. The largest absolute Gasteiger partial charge is 0.395 e. The zero-order valence-corrected chi connectivity index (χ0v) is 13.3. The first-order chi connectivity index (χ1) is 9.93. The lowest BCUT2D eigenvalue weighted by molar-refractivity contribution is -0.116. The van der Waals surface area contributed by atoms with Gasteiger partial charge in [0.1, 0.15) is 4.99 Å². The van der Waals surface area contributed by atoms with Gasteiger partial charge in [-0.1, -0.05) is 24.4 Å². The number of rotatable bonds is 8. The van der Waals surface area contributed by atoms with E-state index < -0.39 is 0 Å². The van der Waals surface area contributed by atoms with Crippen LogP contribution >= 0.6 is 12.2 Å². The third-order valence-corrected chi connectivity index (χ3v) is 3.60. The average molecular weight is 309 g/mol. The number of aliphatic hydroxyl groups excluding tert-OH is 1. The Kier molecular flexibility index (Phi) is 7.28. The molecule has 1 rings (SSSR count). The quantitative estimate of drug-likeness (QED) is 0.632. The van der Waals surface area contributed by atoms with Crippen molar-refractivity contribution in [1.82, 2.24) is 4.90 Å². The number of benzene rings is 1. The van der Waals surface area contributed by atoms with E-state index in [2.05, 4.69) is 5.32 Å². The van der Waals surface area contributed by atoms with E-state index in [1.54, 1.807) is 18.2 Å². The Bertz CT molecular complexity index is 494. The van der Waals surface area contributed by atoms with Crippen LogP contribution in [-0.4, -0.2) is 47.1 Å². The van der Waals surface area contributed by atoms with Crippen molar-refractivity contribution < 1.29 is 9.90 Å². The molecule has 21 heavy (non-hydrogen) atoms. The van der Waals surface area contributed by atoms with Crippen LogP contribution in [0.3, 0.4) is 0 Å². The normalized spacial score (nSPS) is 12.2. The lowest BCUT2D eigenvalue weighted by Crippen LogP contribution is -2.33. The predicted molar refractivity (Wildman–Crippen MR) is 89.4 cm³/mol. The second-order valence-corrected chi connectivity index (χ2v) is 5.55. The first-order valence-electron chi connectivity index (χ1n) is 6.95. The summed E-state index contributed by atoms with van der Waals surface area (Å²) in [6.45, 7) is 2.83. The zero-order valence-electron chi connectivity index (χ0n) is 12.5. The van der Waals surface area contributed by atoms with Crippen molar-refractivity contribution in [3.63, 3.8) is 0 Å². The number of nitrogens with one attached hydrogen (secondary N) is 1. The molecule has 0 radical (unpaired) electrons. The van der Waals surface area contributed by atoms with E-state index in [-0.39, 0.29) is 18.6 Å². The van der Waals surface area contributed by atoms with Crippen LogP contribution in [-0.2, 0) is 4.79 Å². The molecule has 5 nitrogen and oxygen atoms in total. The minimum atomic E-state index is -0.0415. The van der Waals surface area contributed by atoms with Crippen LogP contribution in [0.4, 0.5) is 5.69 Å². The van der Waals surface area contributed by atoms with Crippen LogP contribution in [0.2, 0.25) is 0 Å². The number of hydrogen-bond donors (Lipinski definition) is 3. The van der Waals surface area contributed by atoms with E-state index >= 15 is 0 Å². The number of nitrogens with zero attached hydrogens (tertiary/aromatic N) is 1. The number of likely N-dealkylation sites (N-methyl/N-ethyl adjacent to an activating group) is 1. The maximum Gasteiger partial charge on any atom is 0.224 e. The molecule has 1 unspecified atom stereocenters. The summed E-state index contributed by atoms with van der Waals surface area (Å²) in [4.78, 5) is 14.2. The molecular formula is C15H23N3O2S. The number of nitrogens with two attached hydrogens (primary N) is 1. The van der Waals surface area contributed by atoms with Crippen LogP contribution in [0.25, 0.3) is 0 Å². The van der Waals surface area contributed by atoms with Crippen molar-refractivity contribution in [2.75, 3.05) is 25.5 Å². The summed E-state index contributed by atoms with van der Waals surface area (Å²) in [5, 5.41) is 11.9. The van der Waals surface area contributed by atoms with Crippen molar-refractivity contribution in [1.29, 1.82) is 0 Å². The van der Waals surface area contributed by atoms with Crippen LogP contribution in [0.15, 0.2) is 24.3 Å². The Hall–Kier alpha value is -1.50. The maximum atomic E-state index is 11.9. The minimum Gasteiger partial charge on any atom is -0.395 e. The monoisotopic (exact) mass is 309 g/mol. The van der Waals surface area contributed by atoms with E-state index in [4.69, 9.17) is 23.1 Å². The van der Waals surface area contributed by atoms with Gasteiger partial charge in [0.15, 0.2) is 0 Å². The lowest BCUT2D eigenvalue weighted by Gasteiger charge is -2.22. The van der Waals surface area contributed by atoms with Crippen molar-refractivity contribution in [3.8, 4) is 0 Å². The summed E-state index contributed by atoms with van der Waals surface area (Å²) >= 11 is 4.91. The fourth-order valence-electron chi connectivity index (χ4n) is 1.82. The Morgan fingerprint density at radius 2 is 2.24 bits per heavy atom. The third kappa shape index (κ3) is 6.20. The molecule has 0 aliphatic carbocycles. The molecule has 0 spiro atoms. The first kappa shape index (κ1) is 17.6. The summed E-state index contributed by atoms with van der Waals surface area (Å²) < 4.78 is 0. The fourth-order valence-corrected chi connectivity index (χ4v) is 1.95. The number of hydrogen-bond acceptors (Lipinski definition) is 4. The molecule has 1 atom stereocenters. The smallest absolute Gasteiger partial charge is 0.224 e. The number of aliphatic hydroxyl groups is 1. The van der Waals surface area contributed by atoms with Crippen molar-refractivity contribution >= 4 is 28.8 Å². The van der Waals surface area contributed by atoms with Gasteiger partial charge in [0.2, 0.25) is 5.91 Å². The molecule has 0 saturated carbocycles. The highest BCUT2D eigenvalue weighted by Crippen LogP contribution is 2.11. The predicted octanol–water partition coefficient (Wildman–Crippen LogP) is 1.35. The Balaban J connectivity index is 2.40. The summed E-state index contributed by atoms with van der Waals surface area (Å²) in [5.74, 6) is -0.0415. The number of anilines is 1. The summed E-state index contributed by atoms with van der Waals surface area (Å²) in [6.07, 6.45) is 1.17. The number of carbonyl (C=O) groups is 1. The van der Waals surface area contributed by atoms with Crippen LogP contribution in [0.1, 0.15) is 25.3 Å². The number of amides is 1. The van der Waals surface area contributed by atoms with Gasteiger partial charge in [-0.15, -0.1) is 0 Å². The molecular weight excluding hydrogens is 286 g/mol. The standard InChI is InChI=1S/C15H23N3O2S/c1-11(10-19)18(2)8-4-7-14(20)17-13-6-3-5-12(9-13)15(16)21/h3,5-6,9,11,19H,4,7-8,10H2,1-2H3,(H2,16,21)(H,17,20). The molecule has 1 aromatic rings. The minimum absolute atomic E-state index is 0.0415. The van der Waals surface area contributed by atoms with Gasteiger partial charge in [0, 0.05) is 23.7 Å². The Morgan fingerprint density at radius 3 is 2.86 bits per heavy atom. The van der Waals surface area contributed by atoms with Gasteiger partial charge >= 0.3 is 0 Å². The van der Waals surface area contributed by atoms with E-state index in [0.717, 1.165) is 18.5 Å². The van der Waals surface area contributed by atoms with E-state index in [1.807, 2.05) is 24.9 Å². The summed E-state index contributed by atoms with van der Waals surface area (Å²) in [7, 11) is 1.93. The molecule has 1 amide bonds. The van der Waals surface area contributed by atoms with Crippen molar-refractivity contribution in [2.45, 2.75) is 25.8 Å². The molecule has 4 N–H and O–H groups in total. The topological polar surface area (TPSA) is 78.6 Å². The molecule has 0 aliphatic rings. The van der Waals surface area contributed by atoms with Gasteiger partial charge < -0.3 is 21.1 Å². The molecule has 0 heterocycles. The second kappa shape index (κ2) is 8.71. The van der Waals surface area contributed by atoms with E-state index in [9.17, 15) is 4.79 Å². The van der Waals surface area contributed by atoms with Gasteiger partial charge in [-0.2, -0.15) is 0 Å². The van der Waals surface area contributed by atoms with Gasteiger partial charge in [0.25, 0.3) is 0 Å². The van der Waals surface area contributed by atoms with E-state index in [0.29, 0.717) is 17.1 Å². The SMILES string of the molecule is CC(CO)N(C)CCCC(=O)Nc1cccc(C(N)=S)c1. The van der Waals surface area contributed by atoms with Gasteiger partial charge in [0.05, 0.1) is 6.61 Å². The van der Waals surface area contributed by atoms with E-state index in [1.165, 1.54) is 0 Å². The van der Waals surface area contributed by atoms with Gasteiger partial charge in [-0.25, -0.2) is 0 Å². The second-order valence-electron chi connectivity index (χ2n) is 5.11. The van der Waals surface area contributed by atoms with Crippen molar-refractivity contribution in [2.24, 2.45) is 5.73 Å². The fraction of sp³-hybridized carbons (Fsp3) is 0.467. The lowest BCUT2D eigenvalue weighted by atomic mass is 10.2. The molecule has 1 aromatic carbocycles. The van der Waals surface area contributed by atoms with Crippen LogP contribution in [0, 0.1) is 0 Å². The molecule has 6 heteroatoms.